The highest BCUT2D eigenvalue weighted by atomic mass is 32.2. The lowest BCUT2D eigenvalue weighted by atomic mass is 9.88. The second-order valence-electron chi connectivity index (χ2n) is 6.70. The van der Waals surface area contributed by atoms with E-state index >= 15 is 0 Å². The summed E-state index contributed by atoms with van der Waals surface area (Å²) in [7, 11) is 1.63. The van der Waals surface area contributed by atoms with Crippen LogP contribution in [-0.4, -0.2) is 29.0 Å². The molecule has 0 bridgehead atoms. The lowest BCUT2D eigenvalue weighted by Crippen LogP contribution is -2.32. The average molecular weight is 427 g/mol. The standard InChI is InChI=1S/C21H22N4O2S2/c1-27-18-12-5-4-10-17(18)23-20-24-25-21(29-20)28-13-19(26)22-16-11-6-8-14-7-2-3-9-15(14)16/h2-5,7,9-10,12,16H,6,8,11,13H2,1H3,(H,22,26)(H,23,24)/t16-/m0/s1. The SMILES string of the molecule is COc1ccccc1Nc1nnc(SCC(=O)N[C@H]2CCCc3ccccc32)s1. The number of thioether (sulfide) groups is 1. The molecule has 150 valence electrons. The van der Waals surface area contributed by atoms with Crippen molar-refractivity contribution >= 4 is 39.8 Å². The predicted molar refractivity (Wildman–Crippen MR) is 117 cm³/mol. The number of fused-ring (bicyclic) bond motifs is 1. The van der Waals surface area contributed by atoms with Gasteiger partial charge in [-0.1, -0.05) is 59.5 Å². The first kappa shape index (κ1) is 19.7. The maximum Gasteiger partial charge on any atom is 0.230 e. The van der Waals surface area contributed by atoms with Crippen molar-refractivity contribution in [2.75, 3.05) is 18.2 Å². The Hall–Kier alpha value is -2.58. The molecule has 1 amide bonds. The van der Waals surface area contributed by atoms with E-state index in [0.29, 0.717) is 10.9 Å². The molecule has 3 aromatic rings. The molecule has 29 heavy (non-hydrogen) atoms. The van der Waals surface area contributed by atoms with Gasteiger partial charge >= 0.3 is 0 Å². The Morgan fingerprint density at radius 3 is 2.93 bits per heavy atom. The highest BCUT2D eigenvalue weighted by molar-refractivity contribution is 8.01. The van der Waals surface area contributed by atoms with Crippen LogP contribution in [0.5, 0.6) is 5.75 Å². The number of benzene rings is 2. The van der Waals surface area contributed by atoms with E-state index < -0.39 is 0 Å². The largest absolute Gasteiger partial charge is 0.495 e. The van der Waals surface area contributed by atoms with E-state index in [2.05, 4.69) is 39.0 Å². The van der Waals surface area contributed by atoms with Gasteiger partial charge in [0, 0.05) is 0 Å². The van der Waals surface area contributed by atoms with Gasteiger partial charge < -0.3 is 15.4 Å². The third kappa shape index (κ3) is 4.89. The van der Waals surface area contributed by atoms with E-state index in [-0.39, 0.29) is 11.9 Å². The van der Waals surface area contributed by atoms with Crippen molar-refractivity contribution in [2.45, 2.75) is 29.6 Å². The van der Waals surface area contributed by atoms with Crippen LogP contribution < -0.4 is 15.4 Å². The van der Waals surface area contributed by atoms with Crippen LogP contribution in [0.25, 0.3) is 0 Å². The smallest absolute Gasteiger partial charge is 0.230 e. The van der Waals surface area contributed by atoms with Crippen molar-refractivity contribution in [2.24, 2.45) is 0 Å². The van der Waals surface area contributed by atoms with Gasteiger partial charge in [-0.2, -0.15) is 0 Å². The molecule has 1 aliphatic carbocycles. The number of amides is 1. The van der Waals surface area contributed by atoms with Crippen LogP contribution in [0.1, 0.15) is 30.0 Å². The third-order valence-electron chi connectivity index (χ3n) is 4.79. The molecule has 1 aromatic heterocycles. The molecule has 1 aliphatic rings. The lowest BCUT2D eigenvalue weighted by molar-refractivity contribution is -0.119. The number of ether oxygens (including phenoxy) is 1. The molecular weight excluding hydrogens is 404 g/mol. The van der Waals surface area contributed by atoms with E-state index in [1.165, 1.54) is 34.2 Å². The summed E-state index contributed by atoms with van der Waals surface area (Å²) in [6.45, 7) is 0. The van der Waals surface area contributed by atoms with Crippen molar-refractivity contribution in [3.05, 3.63) is 59.7 Å². The minimum absolute atomic E-state index is 0.0196. The van der Waals surface area contributed by atoms with Gasteiger partial charge in [0.15, 0.2) is 4.34 Å². The minimum Gasteiger partial charge on any atom is -0.495 e. The maximum absolute atomic E-state index is 12.5. The number of methoxy groups -OCH3 is 1. The van der Waals surface area contributed by atoms with Crippen molar-refractivity contribution in [3.8, 4) is 5.75 Å². The molecule has 0 aliphatic heterocycles. The molecule has 0 saturated heterocycles. The van der Waals surface area contributed by atoms with Crippen molar-refractivity contribution in [1.82, 2.24) is 15.5 Å². The molecule has 0 fully saturated rings. The number of aromatic nitrogens is 2. The number of carbonyl (C=O) groups is 1. The van der Waals surface area contributed by atoms with E-state index in [1.54, 1.807) is 7.11 Å². The van der Waals surface area contributed by atoms with E-state index in [4.69, 9.17) is 4.74 Å². The van der Waals surface area contributed by atoms with E-state index in [9.17, 15) is 4.79 Å². The molecule has 1 heterocycles. The second-order valence-corrected chi connectivity index (χ2v) is 8.90. The van der Waals surface area contributed by atoms with Gasteiger partial charge in [-0.05, 0) is 42.5 Å². The van der Waals surface area contributed by atoms with Crippen LogP contribution in [0.3, 0.4) is 0 Å². The summed E-state index contributed by atoms with van der Waals surface area (Å²) < 4.78 is 6.09. The number of para-hydroxylation sites is 2. The van der Waals surface area contributed by atoms with Gasteiger partial charge in [0.2, 0.25) is 11.0 Å². The van der Waals surface area contributed by atoms with Gasteiger partial charge in [-0.15, -0.1) is 10.2 Å². The topological polar surface area (TPSA) is 76.1 Å². The van der Waals surface area contributed by atoms with Gasteiger partial charge in [-0.3, -0.25) is 4.79 Å². The zero-order valence-corrected chi connectivity index (χ0v) is 17.7. The molecule has 0 unspecified atom stereocenters. The number of anilines is 2. The van der Waals surface area contributed by atoms with Crippen LogP contribution in [0.2, 0.25) is 0 Å². The Morgan fingerprint density at radius 1 is 1.21 bits per heavy atom. The number of rotatable bonds is 7. The highest BCUT2D eigenvalue weighted by Crippen LogP contribution is 2.32. The predicted octanol–water partition coefficient (Wildman–Crippen LogP) is 4.58. The highest BCUT2D eigenvalue weighted by Gasteiger charge is 2.21. The molecule has 0 spiro atoms. The number of aryl methyl sites for hydroxylation is 1. The minimum atomic E-state index is 0.0196. The molecule has 0 radical (unpaired) electrons. The van der Waals surface area contributed by atoms with E-state index in [0.717, 1.165) is 35.0 Å². The Kier molecular flexibility index (Phi) is 6.31. The van der Waals surface area contributed by atoms with Gasteiger partial charge in [0.05, 0.1) is 24.6 Å². The van der Waals surface area contributed by atoms with Crippen LogP contribution in [0.15, 0.2) is 52.9 Å². The summed E-state index contributed by atoms with van der Waals surface area (Å²) in [6, 6.07) is 16.1. The number of hydrogen-bond donors (Lipinski definition) is 2. The van der Waals surface area contributed by atoms with Gasteiger partial charge in [0.1, 0.15) is 5.75 Å². The second kappa shape index (κ2) is 9.28. The summed E-state index contributed by atoms with van der Waals surface area (Å²) in [5.74, 6) is 1.08. The van der Waals surface area contributed by atoms with Crippen LogP contribution in [0.4, 0.5) is 10.8 Å². The van der Waals surface area contributed by atoms with Crippen molar-refractivity contribution in [3.63, 3.8) is 0 Å². The quantitative estimate of drug-likeness (QED) is 0.539. The van der Waals surface area contributed by atoms with Crippen molar-refractivity contribution in [1.29, 1.82) is 0 Å². The Bertz CT molecular complexity index is 992. The zero-order chi connectivity index (χ0) is 20.1. The Labute approximate surface area is 178 Å². The fourth-order valence-electron chi connectivity index (χ4n) is 3.45. The fraction of sp³-hybridized carbons (Fsp3) is 0.286. The summed E-state index contributed by atoms with van der Waals surface area (Å²) in [5.41, 5.74) is 3.42. The van der Waals surface area contributed by atoms with E-state index in [1.807, 2.05) is 30.3 Å². The molecule has 2 aromatic carbocycles. The molecule has 1 atom stereocenters. The Balaban J connectivity index is 1.32. The molecule has 8 heteroatoms. The average Bonchev–Trinajstić information content (AvgIpc) is 3.20. The molecular formula is C21H22N4O2S2. The third-order valence-corrected chi connectivity index (χ3v) is 6.76. The first-order chi connectivity index (χ1) is 14.2. The van der Waals surface area contributed by atoms with Crippen molar-refractivity contribution < 1.29 is 9.53 Å². The molecule has 6 nitrogen and oxygen atoms in total. The van der Waals surface area contributed by atoms with Crippen LogP contribution >= 0.6 is 23.1 Å². The number of nitrogens with one attached hydrogen (secondary N) is 2. The summed E-state index contributed by atoms with van der Waals surface area (Å²) in [6.07, 6.45) is 3.17. The summed E-state index contributed by atoms with van der Waals surface area (Å²) in [4.78, 5) is 12.5. The number of hydrogen-bond acceptors (Lipinski definition) is 7. The molecule has 4 rings (SSSR count). The summed E-state index contributed by atoms with van der Waals surface area (Å²) >= 11 is 2.82. The van der Waals surface area contributed by atoms with Gasteiger partial charge in [-0.25, -0.2) is 0 Å². The van der Waals surface area contributed by atoms with Gasteiger partial charge in [0.25, 0.3) is 0 Å². The monoisotopic (exact) mass is 426 g/mol. The zero-order valence-electron chi connectivity index (χ0n) is 16.1. The maximum atomic E-state index is 12.5. The normalized spacial score (nSPS) is 15.4. The molecule has 0 saturated carbocycles. The first-order valence-electron chi connectivity index (χ1n) is 9.46. The Morgan fingerprint density at radius 2 is 2.03 bits per heavy atom. The lowest BCUT2D eigenvalue weighted by Gasteiger charge is -2.26. The number of nitrogens with zero attached hydrogens (tertiary/aromatic N) is 2. The fourth-order valence-corrected chi connectivity index (χ4v) is 5.02. The van der Waals surface area contributed by atoms with Crippen LogP contribution in [0, 0.1) is 0 Å². The molecule has 2 N–H and O–H groups in total. The van der Waals surface area contributed by atoms with Crippen LogP contribution in [-0.2, 0) is 11.2 Å². The summed E-state index contributed by atoms with van der Waals surface area (Å²) in [5, 5.41) is 15.4. The number of carbonyl (C=O) groups excluding carboxylic acids is 1. The first-order valence-corrected chi connectivity index (χ1v) is 11.3.